The highest BCUT2D eigenvalue weighted by molar-refractivity contribution is 5.44. The van der Waals surface area contributed by atoms with E-state index in [2.05, 4.69) is 20.6 Å². The number of halogens is 3. The number of hydrogen-bond acceptors (Lipinski definition) is 5. The largest absolute Gasteiger partial charge is 0.453 e. The summed E-state index contributed by atoms with van der Waals surface area (Å²) >= 11 is 0. The topological polar surface area (TPSA) is 78.9 Å². The lowest BCUT2D eigenvalue weighted by molar-refractivity contribution is -0.146. The number of alkyl halides is 3. The van der Waals surface area contributed by atoms with Gasteiger partial charge in [0, 0.05) is 6.54 Å². The lowest BCUT2D eigenvalue weighted by atomic mass is 10.2. The normalized spacial score (nSPS) is 13.2. The number of nitrogens with zero attached hydrogens (tertiary/aromatic N) is 5. The summed E-state index contributed by atoms with van der Waals surface area (Å²) in [7, 11) is 0. The molecular formula is C10H9F3N6. The smallest absolute Gasteiger partial charge is 0.367 e. The first-order valence-corrected chi connectivity index (χ1v) is 5.35. The summed E-state index contributed by atoms with van der Waals surface area (Å²) < 4.78 is 38.5. The fraction of sp³-hybridized carbons (Fsp3) is 0.400. The molecule has 19 heavy (non-hydrogen) atoms. The molecule has 100 valence electrons. The van der Waals surface area contributed by atoms with Gasteiger partial charge < -0.3 is 5.32 Å². The second kappa shape index (κ2) is 4.72. The number of nitriles is 1. The van der Waals surface area contributed by atoms with Gasteiger partial charge in [0.1, 0.15) is 5.82 Å². The Balaban J connectivity index is 2.31. The van der Waals surface area contributed by atoms with Crippen LogP contribution in [0.15, 0.2) is 12.1 Å². The van der Waals surface area contributed by atoms with E-state index in [9.17, 15) is 13.2 Å². The Morgan fingerprint density at radius 1 is 1.42 bits per heavy atom. The molecule has 0 saturated carbocycles. The van der Waals surface area contributed by atoms with Gasteiger partial charge in [-0.3, -0.25) is 0 Å². The second-order valence-corrected chi connectivity index (χ2v) is 3.92. The molecular weight excluding hydrogens is 261 g/mol. The molecule has 0 saturated heterocycles. The Hall–Kier alpha value is -2.37. The fourth-order valence-electron chi connectivity index (χ4n) is 1.36. The molecule has 1 atom stereocenters. The van der Waals surface area contributed by atoms with Crippen LogP contribution < -0.4 is 5.32 Å². The van der Waals surface area contributed by atoms with Gasteiger partial charge in [-0.1, -0.05) is 0 Å². The number of fused-ring (bicyclic) bond motifs is 1. The SMILES string of the molecule is C[C@H](C#N)CNc1ccc2nnc(C(F)(F)F)n2n1. The lowest BCUT2D eigenvalue weighted by Crippen LogP contribution is -2.15. The van der Waals surface area contributed by atoms with Gasteiger partial charge in [0.05, 0.1) is 12.0 Å². The van der Waals surface area contributed by atoms with Crippen LogP contribution in [-0.4, -0.2) is 26.4 Å². The third-order valence-corrected chi connectivity index (χ3v) is 2.33. The van der Waals surface area contributed by atoms with Crippen molar-refractivity contribution in [3.05, 3.63) is 18.0 Å². The molecule has 0 aromatic carbocycles. The molecule has 0 fully saturated rings. The van der Waals surface area contributed by atoms with Crippen molar-refractivity contribution in [3.63, 3.8) is 0 Å². The van der Waals surface area contributed by atoms with Crippen molar-refractivity contribution >= 4 is 11.5 Å². The summed E-state index contributed by atoms with van der Waals surface area (Å²) in [5.74, 6) is -1.24. The molecule has 2 aromatic rings. The Labute approximate surface area is 105 Å². The highest BCUT2D eigenvalue weighted by atomic mass is 19.4. The predicted octanol–water partition coefficient (Wildman–Crippen LogP) is 1.71. The molecule has 2 aromatic heterocycles. The molecule has 9 heteroatoms. The first-order chi connectivity index (χ1) is 8.91. The molecule has 1 N–H and O–H groups in total. The lowest BCUT2D eigenvalue weighted by Gasteiger charge is -2.07. The van der Waals surface area contributed by atoms with Crippen LogP contribution in [0.2, 0.25) is 0 Å². The Kier molecular flexibility index (Phi) is 3.25. The maximum absolute atomic E-state index is 12.6. The summed E-state index contributed by atoms with van der Waals surface area (Å²) in [5.41, 5.74) is 0.00575. The first-order valence-electron chi connectivity index (χ1n) is 5.35. The molecule has 2 rings (SSSR count). The van der Waals surface area contributed by atoms with Gasteiger partial charge in [0.25, 0.3) is 5.82 Å². The highest BCUT2D eigenvalue weighted by Gasteiger charge is 2.37. The molecule has 0 aliphatic carbocycles. The summed E-state index contributed by atoms with van der Waals surface area (Å²) in [4.78, 5) is 0. The molecule has 2 heterocycles. The number of nitrogens with one attached hydrogen (secondary N) is 1. The van der Waals surface area contributed by atoms with Gasteiger partial charge in [-0.25, -0.2) is 0 Å². The zero-order valence-electron chi connectivity index (χ0n) is 9.81. The molecule has 0 radical (unpaired) electrons. The van der Waals surface area contributed by atoms with Crippen LogP contribution in [0.1, 0.15) is 12.7 Å². The molecule has 0 aliphatic heterocycles. The van der Waals surface area contributed by atoms with Gasteiger partial charge in [0.2, 0.25) is 0 Å². The van der Waals surface area contributed by atoms with Crippen LogP contribution in [0.25, 0.3) is 5.65 Å². The van der Waals surface area contributed by atoms with Crippen molar-refractivity contribution in [1.29, 1.82) is 5.26 Å². The average Bonchev–Trinajstić information content (AvgIpc) is 2.78. The quantitative estimate of drug-likeness (QED) is 0.918. The van der Waals surface area contributed by atoms with Crippen molar-refractivity contribution in [2.45, 2.75) is 13.1 Å². The maximum Gasteiger partial charge on any atom is 0.453 e. The first kappa shape index (κ1) is 13.1. The minimum Gasteiger partial charge on any atom is -0.367 e. The third kappa shape index (κ3) is 2.73. The van der Waals surface area contributed by atoms with Crippen molar-refractivity contribution in [1.82, 2.24) is 19.8 Å². The minimum absolute atomic E-state index is 0.00575. The molecule has 0 unspecified atom stereocenters. The van der Waals surface area contributed by atoms with Crippen LogP contribution in [-0.2, 0) is 6.18 Å². The van der Waals surface area contributed by atoms with Crippen molar-refractivity contribution in [2.75, 3.05) is 11.9 Å². The van der Waals surface area contributed by atoms with Gasteiger partial charge >= 0.3 is 6.18 Å². The van der Waals surface area contributed by atoms with E-state index < -0.39 is 12.0 Å². The summed E-state index contributed by atoms with van der Waals surface area (Å²) in [6.07, 6.45) is -4.62. The van der Waals surface area contributed by atoms with Gasteiger partial charge in [-0.2, -0.15) is 22.9 Å². The summed E-state index contributed by atoms with van der Waals surface area (Å²) in [6.45, 7) is 1.98. The number of anilines is 1. The van der Waals surface area contributed by atoms with E-state index in [-0.39, 0.29) is 17.4 Å². The highest BCUT2D eigenvalue weighted by Crippen LogP contribution is 2.27. The molecule has 6 nitrogen and oxygen atoms in total. The molecule has 0 amide bonds. The molecule has 0 aliphatic rings. The van der Waals surface area contributed by atoms with E-state index in [4.69, 9.17) is 5.26 Å². The van der Waals surface area contributed by atoms with Crippen molar-refractivity contribution < 1.29 is 13.2 Å². The zero-order valence-corrected chi connectivity index (χ0v) is 9.81. The van der Waals surface area contributed by atoms with Gasteiger partial charge in [-0.05, 0) is 19.1 Å². The van der Waals surface area contributed by atoms with E-state index in [1.165, 1.54) is 12.1 Å². The van der Waals surface area contributed by atoms with Gasteiger partial charge in [-0.15, -0.1) is 15.3 Å². The molecule has 0 spiro atoms. The van der Waals surface area contributed by atoms with Crippen LogP contribution in [0.4, 0.5) is 19.0 Å². The Morgan fingerprint density at radius 3 is 2.79 bits per heavy atom. The summed E-state index contributed by atoms with van der Waals surface area (Å²) in [5, 5.41) is 21.6. The average molecular weight is 270 g/mol. The zero-order chi connectivity index (χ0) is 14.0. The van der Waals surface area contributed by atoms with E-state index >= 15 is 0 Å². The minimum atomic E-state index is -4.62. The van der Waals surface area contributed by atoms with Crippen LogP contribution in [0, 0.1) is 17.2 Å². The van der Waals surface area contributed by atoms with Crippen LogP contribution in [0.3, 0.4) is 0 Å². The fourth-order valence-corrected chi connectivity index (χ4v) is 1.36. The van der Waals surface area contributed by atoms with E-state index in [0.29, 0.717) is 11.1 Å². The van der Waals surface area contributed by atoms with E-state index in [0.717, 1.165) is 0 Å². The molecule has 0 bridgehead atoms. The standard InChI is InChI=1S/C10H9F3N6/c1-6(4-14)5-15-7-2-3-8-16-17-9(10(11,12)13)19(8)18-7/h2-3,6H,5H2,1H3,(H,15,18)/t6-/m1/s1. The van der Waals surface area contributed by atoms with Crippen molar-refractivity contribution in [3.8, 4) is 6.07 Å². The third-order valence-electron chi connectivity index (χ3n) is 2.33. The maximum atomic E-state index is 12.6. The van der Waals surface area contributed by atoms with Crippen LogP contribution in [0.5, 0.6) is 0 Å². The van der Waals surface area contributed by atoms with Crippen molar-refractivity contribution in [2.24, 2.45) is 5.92 Å². The van der Waals surface area contributed by atoms with Gasteiger partial charge in [0.15, 0.2) is 5.65 Å². The number of hydrogen-bond donors (Lipinski definition) is 1. The monoisotopic (exact) mass is 270 g/mol. The van der Waals surface area contributed by atoms with E-state index in [1.54, 1.807) is 6.92 Å². The number of rotatable bonds is 3. The van der Waals surface area contributed by atoms with E-state index in [1.807, 2.05) is 6.07 Å². The van der Waals surface area contributed by atoms with Crippen LogP contribution >= 0.6 is 0 Å². The summed E-state index contributed by atoms with van der Waals surface area (Å²) in [6, 6.07) is 4.85. The Morgan fingerprint density at radius 2 is 2.16 bits per heavy atom. The predicted molar refractivity (Wildman–Crippen MR) is 59.1 cm³/mol. The second-order valence-electron chi connectivity index (χ2n) is 3.92. The Bertz CT molecular complexity index is 626. The number of aromatic nitrogens is 4.